The summed E-state index contributed by atoms with van der Waals surface area (Å²) in [6, 6.07) is 13.2. The van der Waals surface area contributed by atoms with E-state index in [4.69, 9.17) is 4.74 Å². The number of carbonyl (C=O) groups excluding carboxylic acids is 2. The molecule has 1 atom stereocenters. The van der Waals surface area contributed by atoms with E-state index < -0.39 is 5.25 Å². The number of thioether (sulfide) groups is 1. The third-order valence-electron chi connectivity index (χ3n) is 4.51. The van der Waals surface area contributed by atoms with Gasteiger partial charge in [0.15, 0.2) is 5.17 Å². The molecule has 1 heterocycles. The standard InChI is InChI=1S/C22H25N3O3S/c1-5-25-21(27)19(13-20(26)23-17-11-14(2)10-15(3)12-17)29-22(25)24-16-6-8-18(28-4)9-7-16/h6-12,19H,5,13H2,1-4H3,(H,23,26). The number of nitrogens with one attached hydrogen (secondary N) is 1. The van der Waals surface area contributed by atoms with Crippen molar-refractivity contribution in [2.24, 2.45) is 4.99 Å². The summed E-state index contributed by atoms with van der Waals surface area (Å²) in [7, 11) is 1.61. The Morgan fingerprint density at radius 3 is 2.41 bits per heavy atom. The van der Waals surface area contributed by atoms with Gasteiger partial charge in [0.2, 0.25) is 11.8 Å². The highest BCUT2D eigenvalue weighted by molar-refractivity contribution is 8.15. The largest absolute Gasteiger partial charge is 0.497 e. The topological polar surface area (TPSA) is 71.0 Å². The molecule has 29 heavy (non-hydrogen) atoms. The number of hydrogen-bond acceptors (Lipinski definition) is 5. The van der Waals surface area contributed by atoms with E-state index in [1.165, 1.54) is 11.8 Å². The third kappa shape index (κ3) is 5.17. The van der Waals surface area contributed by atoms with Crippen molar-refractivity contribution < 1.29 is 14.3 Å². The summed E-state index contributed by atoms with van der Waals surface area (Å²) in [4.78, 5) is 31.5. The van der Waals surface area contributed by atoms with Crippen LogP contribution in [-0.4, -0.2) is 40.8 Å². The molecule has 0 bridgehead atoms. The molecular weight excluding hydrogens is 386 g/mol. The first-order valence-electron chi connectivity index (χ1n) is 9.48. The van der Waals surface area contributed by atoms with E-state index >= 15 is 0 Å². The zero-order chi connectivity index (χ0) is 21.0. The average Bonchev–Trinajstić information content (AvgIpc) is 2.95. The van der Waals surface area contributed by atoms with Crippen LogP contribution in [0.4, 0.5) is 11.4 Å². The number of hydrogen-bond donors (Lipinski definition) is 1. The van der Waals surface area contributed by atoms with Crippen molar-refractivity contribution in [3.05, 3.63) is 53.6 Å². The summed E-state index contributed by atoms with van der Waals surface area (Å²) in [5, 5.41) is 3.05. The van der Waals surface area contributed by atoms with Crippen molar-refractivity contribution in [2.75, 3.05) is 19.0 Å². The van der Waals surface area contributed by atoms with E-state index in [-0.39, 0.29) is 18.2 Å². The minimum Gasteiger partial charge on any atom is -0.497 e. The van der Waals surface area contributed by atoms with Gasteiger partial charge in [-0.15, -0.1) is 0 Å². The van der Waals surface area contributed by atoms with Gasteiger partial charge in [-0.3, -0.25) is 14.5 Å². The fourth-order valence-corrected chi connectivity index (χ4v) is 4.43. The van der Waals surface area contributed by atoms with Crippen LogP contribution < -0.4 is 10.1 Å². The molecule has 7 heteroatoms. The van der Waals surface area contributed by atoms with Gasteiger partial charge in [0.05, 0.1) is 12.8 Å². The van der Waals surface area contributed by atoms with Gasteiger partial charge in [-0.05, 0) is 68.3 Å². The average molecular weight is 412 g/mol. The maximum Gasteiger partial charge on any atom is 0.242 e. The monoisotopic (exact) mass is 411 g/mol. The lowest BCUT2D eigenvalue weighted by molar-refractivity contribution is -0.128. The van der Waals surface area contributed by atoms with Crippen molar-refractivity contribution in [3.63, 3.8) is 0 Å². The summed E-state index contributed by atoms with van der Waals surface area (Å²) in [6.45, 7) is 6.38. The molecule has 0 radical (unpaired) electrons. The molecule has 3 rings (SSSR count). The molecule has 2 aromatic rings. The van der Waals surface area contributed by atoms with Gasteiger partial charge in [0.1, 0.15) is 11.0 Å². The highest BCUT2D eigenvalue weighted by Gasteiger charge is 2.38. The van der Waals surface area contributed by atoms with Crippen molar-refractivity contribution in [3.8, 4) is 5.75 Å². The number of amides is 2. The van der Waals surface area contributed by atoms with Crippen LogP contribution in [0.25, 0.3) is 0 Å². The number of amidine groups is 1. The fourth-order valence-electron chi connectivity index (χ4n) is 3.21. The quantitative estimate of drug-likeness (QED) is 0.770. The lowest BCUT2D eigenvalue weighted by Gasteiger charge is -2.13. The molecule has 6 nitrogen and oxygen atoms in total. The predicted molar refractivity (Wildman–Crippen MR) is 118 cm³/mol. The first-order chi connectivity index (χ1) is 13.9. The second-order valence-electron chi connectivity index (χ2n) is 6.91. The number of aryl methyl sites for hydroxylation is 2. The van der Waals surface area contributed by atoms with E-state index in [0.717, 1.165) is 28.3 Å². The molecule has 1 aliphatic rings. The summed E-state index contributed by atoms with van der Waals surface area (Å²) < 4.78 is 5.16. The zero-order valence-electron chi connectivity index (χ0n) is 17.1. The number of aliphatic imine (C=N–C) groups is 1. The second kappa shape index (κ2) is 9.13. The molecule has 0 spiro atoms. The van der Waals surface area contributed by atoms with Crippen LogP contribution in [0.3, 0.4) is 0 Å². The van der Waals surface area contributed by atoms with E-state index in [0.29, 0.717) is 11.7 Å². The van der Waals surface area contributed by atoms with Crippen molar-refractivity contribution >= 4 is 40.1 Å². The van der Waals surface area contributed by atoms with Crippen LogP contribution in [0.15, 0.2) is 47.5 Å². The van der Waals surface area contributed by atoms with Crippen LogP contribution in [-0.2, 0) is 9.59 Å². The number of ether oxygens (including phenoxy) is 1. The van der Waals surface area contributed by atoms with Gasteiger partial charge < -0.3 is 10.1 Å². The van der Waals surface area contributed by atoms with E-state index in [1.807, 2.05) is 63.2 Å². The maximum atomic E-state index is 12.8. The molecule has 0 aliphatic carbocycles. The van der Waals surface area contributed by atoms with Gasteiger partial charge in [-0.25, -0.2) is 4.99 Å². The Morgan fingerprint density at radius 2 is 1.83 bits per heavy atom. The number of carbonyl (C=O) groups is 2. The first kappa shape index (κ1) is 20.9. The Bertz CT molecular complexity index is 921. The molecule has 1 saturated heterocycles. The molecule has 1 fully saturated rings. The number of anilines is 1. The lowest BCUT2D eigenvalue weighted by Crippen LogP contribution is -2.33. The van der Waals surface area contributed by atoms with Crippen molar-refractivity contribution in [1.82, 2.24) is 4.90 Å². The molecule has 2 aromatic carbocycles. The van der Waals surface area contributed by atoms with Crippen LogP contribution in [0, 0.1) is 13.8 Å². The van der Waals surface area contributed by atoms with Gasteiger partial charge >= 0.3 is 0 Å². The summed E-state index contributed by atoms with van der Waals surface area (Å²) >= 11 is 1.34. The SMILES string of the molecule is CCN1C(=O)C(CC(=O)Nc2cc(C)cc(C)c2)SC1=Nc1ccc(OC)cc1. The Labute approximate surface area is 175 Å². The van der Waals surface area contributed by atoms with Crippen molar-refractivity contribution in [2.45, 2.75) is 32.4 Å². The number of benzene rings is 2. The summed E-state index contributed by atoms with van der Waals surface area (Å²) in [5.41, 5.74) is 3.65. The van der Waals surface area contributed by atoms with Crippen LogP contribution >= 0.6 is 11.8 Å². The zero-order valence-corrected chi connectivity index (χ0v) is 17.9. The van der Waals surface area contributed by atoms with Gasteiger partial charge in [-0.1, -0.05) is 17.8 Å². The molecule has 0 aromatic heterocycles. The number of nitrogens with zero attached hydrogens (tertiary/aromatic N) is 2. The van der Waals surface area contributed by atoms with E-state index in [2.05, 4.69) is 10.3 Å². The van der Waals surface area contributed by atoms with Crippen LogP contribution in [0.1, 0.15) is 24.5 Å². The molecule has 1 aliphatic heterocycles. The fraction of sp³-hybridized carbons (Fsp3) is 0.318. The maximum absolute atomic E-state index is 12.8. The first-order valence-corrected chi connectivity index (χ1v) is 10.4. The number of methoxy groups -OCH3 is 1. The molecule has 1 unspecified atom stereocenters. The molecule has 152 valence electrons. The molecular formula is C22H25N3O3S. The normalized spacial score (nSPS) is 17.7. The molecule has 1 N–H and O–H groups in total. The van der Waals surface area contributed by atoms with Gasteiger partial charge in [0.25, 0.3) is 0 Å². The lowest BCUT2D eigenvalue weighted by atomic mass is 10.1. The Kier molecular flexibility index (Phi) is 6.59. The highest BCUT2D eigenvalue weighted by Crippen LogP contribution is 2.32. The smallest absolute Gasteiger partial charge is 0.242 e. The molecule has 0 saturated carbocycles. The molecule has 2 amide bonds. The number of rotatable bonds is 6. The van der Waals surface area contributed by atoms with Crippen LogP contribution in [0.5, 0.6) is 5.75 Å². The predicted octanol–water partition coefficient (Wildman–Crippen LogP) is 4.29. The minimum atomic E-state index is -0.474. The van der Waals surface area contributed by atoms with E-state index in [1.54, 1.807) is 12.0 Å². The van der Waals surface area contributed by atoms with Crippen LogP contribution in [0.2, 0.25) is 0 Å². The Morgan fingerprint density at radius 1 is 1.17 bits per heavy atom. The third-order valence-corrected chi connectivity index (χ3v) is 5.68. The van der Waals surface area contributed by atoms with Crippen molar-refractivity contribution in [1.29, 1.82) is 0 Å². The van der Waals surface area contributed by atoms with Gasteiger partial charge in [-0.2, -0.15) is 0 Å². The van der Waals surface area contributed by atoms with Gasteiger partial charge in [0, 0.05) is 18.7 Å². The summed E-state index contributed by atoms with van der Waals surface area (Å²) in [6.07, 6.45) is 0.106. The Balaban J connectivity index is 1.70. The second-order valence-corrected chi connectivity index (χ2v) is 8.08. The van der Waals surface area contributed by atoms with E-state index in [9.17, 15) is 9.59 Å². The summed E-state index contributed by atoms with van der Waals surface area (Å²) in [5.74, 6) is 0.486. The Hall–Kier alpha value is -2.80. The minimum absolute atomic E-state index is 0.0830. The highest BCUT2D eigenvalue weighted by atomic mass is 32.2.